The summed E-state index contributed by atoms with van der Waals surface area (Å²) in [6.07, 6.45) is 4.48. The van der Waals surface area contributed by atoms with Gasteiger partial charge in [0.2, 0.25) is 6.10 Å². The number of hydrogen-bond acceptors (Lipinski definition) is 14. The monoisotopic (exact) mass is 637 g/mol. The Morgan fingerprint density at radius 1 is 1.37 bits per heavy atom. The number of carbonyl (C=O) groups excluding carboxylic acids is 2. The fourth-order valence-electron chi connectivity index (χ4n) is 4.08. The van der Waals surface area contributed by atoms with Gasteiger partial charge in [-0.25, -0.2) is 19.6 Å². The molecule has 0 aliphatic carbocycles. The summed E-state index contributed by atoms with van der Waals surface area (Å²) in [7, 11) is 1.91. The van der Waals surface area contributed by atoms with Crippen molar-refractivity contribution in [1.29, 1.82) is 0 Å². The van der Waals surface area contributed by atoms with E-state index in [9.17, 15) is 24.3 Å². The number of nitrogen functional groups attached to an aromatic ring is 1. The van der Waals surface area contributed by atoms with E-state index in [-0.39, 0.29) is 26.9 Å². The van der Waals surface area contributed by atoms with Crippen LogP contribution < -0.4 is 11.1 Å². The lowest BCUT2D eigenvalue weighted by Gasteiger charge is -2.49. The summed E-state index contributed by atoms with van der Waals surface area (Å²) >= 11 is 5.44. The molecule has 1 aromatic heterocycles. The number of hydrogen-bond donors (Lipinski definition) is 4. The second-order valence-electron chi connectivity index (χ2n) is 8.89. The number of aliphatic imine (C=N–C) groups is 1. The van der Waals surface area contributed by atoms with Crippen LogP contribution in [0.1, 0.15) is 12.6 Å². The largest absolute Gasteiger partial charge is 0.478 e. The Morgan fingerprint density at radius 2 is 2.15 bits per heavy atom. The predicted octanol–water partition coefficient (Wildman–Crippen LogP) is 1.16. The van der Waals surface area contributed by atoms with Crippen LogP contribution in [0.25, 0.3) is 0 Å². The molecular weight excluding hydrogens is 615 g/mol. The molecule has 1 aromatic rings. The molecule has 0 bridgehead atoms. The zero-order chi connectivity index (χ0) is 29.4. The van der Waals surface area contributed by atoms with Crippen LogP contribution in [0.4, 0.5) is 5.13 Å². The first-order chi connectivity index (χ1) is 19.5. The van der Waals surface area contributed by atoms with Crippen molar-refractivity contribution in [2.24, 2.45) is 10.1 Å². The second kappa shape index (κ2) is 11.8. The number of amides is 2. The zero-order valence-corrected chi connectivity index (χ0v) is 24.7. The fourth-order valence-corrected chi connectivity index (χ4v) is 8.48. The van der Waals surface area contributed by atoms with Crippen molar-refractivity contribution < 1.29 is 34.2 Å². The molecule has 5 rings (SSSR count). The van der Waals surface area contributed by atoms with E-state index in [1.165, 1.54) is 40.7 Å². The highest BCUT2D eigenvalue weighted by atomic mass is 32.2. The molecule has 0 radical (unpaired) electrons. The summed E-state index contributed by atoms with van der Waals surface area (Å²) in [5.41, 5.74) is 5.84. The van der Waals surface area contributed by atoms with E-state index in [0.29, 0.717) is 17.1 Å². The van der Waals surface area contributed by atoms with E-state index >= 15 is 0 Å². The first-order valence-corrected chi connectivity index (χ1v) is 15.8. The van der Waals surface area contributed by atoms with Gasteiger partial charge < -0.3 is 31.0 Å². The highest BCUT2D eigenvalue weighted by molar-refractivity contribution is 8.19. The maximum Gasteiger partial charge on any atom is 0.352 e. The number of rotatable bonds is 10. The SMILES string of the molecule is C[C@H](O/N=C(\C(=O)NC1C(=O)N2C(C(=O)O)=C(CSC3N=C4C(=CC=CN4C)S3)CS[C@H]12)c1csc(N)n1)C(=O)O. The average molecular weight is 638 g/mol. The number of nitrogens with zero attached hydrogens (tertiary/aromatic N) is 5. The Balaban J connectivity index is 1.28. The van der Waals surface area contributed by atoms with Crippen LogP contribution in [0, 0.1) is 0 Å². The van der Waals surface area contributed by atoms with E-state index in [0.717, 1.165) is 22.1 Å². The lowest BCUT2D eigenvalue weighted by molar-refractivity contribution is -0.150. The Bertz CT molecular complexity index is 1470. The molecule has 0 aromatic carbocycles. The molecule has 1 saturated heterocycles. The van der Waals surface area contributed by atoms with Gasteiger partial charge >= 0.3 is 11.9 Å². The van der Waals surface area contributed by atoms with Gasteiger partial charge in [-0.15, -0.1) is 34.9 Å². The number of thioether (sulfide) groups is 3. The minimum atomic E-state index is -1.35. The number of allylic oxidation sites excluding steroid dienone is 2. The van der Waals surface area contributed by atoms with Gasteiger partial charge in [0.25, 0.3) is 11.8 Å². The molecule has 5 N–H and O–H groups in total. The number of aliphatic carboxylic acids is 2. The van der Waals surface area contributed by atoms with Crippen LogP contribution in [0.3, 0.4) is 0 Å². The van der Waals surface area contributed by atoms with Crippen molar-refractivity contribution in [3.05, 3.63) is 45.6 Å². The maximum absolute atomic E-state index is 13.1. The van der Waals surface area contributed by atoms with E-state index in [2.05, 4.69) is 15.5 Å². The summed E-state index contributed by atoms with van der Waals surface area (Å²) in [4.78, 5) is 67.4. The molecule has 1 fully saturated rings. The minimum Gasteiger partial charge on any atom is -0.478 e. The van der Waals surface area contributed by atoms with Gasteiger partial charge in [0.1, 0.15) is 33.3 Å². The molecule has 18 heteroatoms. The number of anilines is 1. The Morgan fingerprint density at radius 3 is 2.80 bits per heavy atom. The third-order valence-electron chi connectivity index (χ3n) is 6.13. The number of aromatic nitrogens is 1. The molecule has 2 amide bonds. The summed E-state index contributed by atoms with van der Waals surface area (Å²) in [5, 5.41) is 26.2. The van der Waals surface area contributed by atoms with E-state index in [1.54, 1.807) is 11.8 Å². The summed E-state index contributed by atoms with van der Waals surface area (Å²) in [5.74, 6) is -2.39. The van der Waals surface area contributed by atoms with Crippen LogP contribution >= 0.6 is 46.6 Å². The van der Waals surface area contributed by atoms with Crippen molar-refractivity contribution in [3.63, 3.8) is 0 Å². The van der Waals surface area contributed by atoms with E-state index in [4.69, 9.17) is 20.7 Å². The van der Waals surface area contributed by atoms with Crippen molar-refractivity contribution in [3.8, 4) is 0 Å². The third kappa shape index (κ3) is 5.81. The Hall–Kier alpha value is -3.48. The van der Waals surface area contributed by atoms with Crippen LogP contribution in [-0.4, -0.2) is 101 Å². The van der Waals surface area contributed by atoms with Crippen molar-refractivity contribution in [2.45, 2.75) is 29.1 Å². The van der Waals surface area contributed by atoms with Crippen LogP contribution in [-0.2, 0) is 24.0 Å². The molecule has 14 nitrogen and oxygen atoms in total. The number of oxime groups is 1. The standard InChI is InChI=1S/C23H23N7O7S4/c1-9(20(33)34)37-28-13(11-8-39-22(24)25-11)17(31)26-14-18(32)30-15(21(35)36)10(6-38-19(14)30)7-40-23-27-16-12(41-23)4-3-5-29(16)2/h3-5,8-9,14,19,23H,6-7H2,1-2H3,(H2,24,25)(H,26,31)(H,33,34)(H,35,36)/b28-13-/t9-,14?,19+,23?/m0/s1. The van der Waals surface area contributed by atoms with Crippen LogP contribution in [0.5, 0.6) is 0 Å². The fraction of sp³-hybridized carbons (Fsp3) is 0.348. The quantitative estimate of drug-likeness (QED) is 0.162. The Labute approximate surface area is 249 Å². The molecule has 41 heavy (non-hydrogen) atoms. The molecule has 5 heterocycles. The van der Waals surface area contributed by atoms with Gasteiger partial charge in [-0.3, -0.25) is 14.5 Å². The lowest BCUT2D eigenvalue weighted by Crippen LogP contribution is -2.71. The first kappa shape index (κ1) is 29.0. The highest BCUT2D eigenvalue weighted by Gasteiger charge is 2.54. The topological polar surface area (TPSA) is 200 Å². The number of carboxylic acid groups (broad SMARTS) is 2. The molecule has 4 atom stereocenters. The number of β-lactam (4-membered cyclic amide) rings is 1. The molecule has 4 aliphatic rings. The molecule has 0 saturated carbocycles. The van der Waals surface area contributed by atoms with Gasteiger partial charge in [0.15, 0.2) is 10.8 Å². The lowest BCUT2D eigenvalue weighted by atomic mass is 10.0. The van der Waals surface area contributed by atoms with Gasteiger partial charge in [-0.1, -0.05) is 16.9 Å². The van der Waals surface area contributed by atoms with Crippen molar-refractivity contribution in [1.82, 2.24) is 20.1 Å². The number of carboxylic acids is 2. The minimum absolute atomic E-state index is 0.0406. The average Bonchev–Trinajstić information content (AvgIpc) is 3.56. The van der Waals surface area contributed by atoms with E-state index in [1.807, 2.05) is 30.3 Å². The normalized spacial score (nSPS) is 24.2. The third-order valence-corrected chi connectivity index (χ3v) is 10.6. The maximum atomic E-state index is 13.1. The number of nitrogens with two attached hydrogens (primary N) is 1. The van der Waals surface area contributed by atoms with Crippen LogP contribution in [0.15, 0.2) is 50.1 Å². The first-order valence-electron chi connectivity index (χ1n) is 11.9. The zero-order valence-electron chi connectivity index (χ0n) is 21.4. The van der Waals surface area contributed by atoms with Gasteiger partial charge in [-0.2, -0.15) is 0 Å². The van der Waals surface area contributed by atoms with Crippen molar-refractivity contribution in [2.75, 3.05) is 24.3 Å². The molecule has 2 unspecified atom stereocenters. The highest BCUT2D eigenvalue weighted by Crippen LogP contribution is 2.44. The van der Waals surface area contributed by atoms with E-state index < -0.39 is 41.3 Å². The molecule has 4 aliphatic heterocycles. The number of amidine groups is 1. The molecular formula is C23H23N7O7S4. The Kier molecular flexibility index (Phi) is 8.35. The van der Waals surface area contributed by atoms with Gasteiger partial charge in [-0.05, 0) is 24.6 Å². The second-order valence-corrected chi connectivity index (χ2v) is 13.4. The number of thiazole rings is 1. The number of carbonyl (C=O) groups is 4. The van der Waals surface area contributed by atoms with Crippen molar-refractivity contribution >= 4 is 87.1 Å². The van der Waals surface area contributed by atoms with Gasteiger partial charge in [0.05, 0.1) is 4.91 Å². The summed E-state index contributed by atoms with van der Waals surface area (Å²) in [6.45, 7) is 1.23. The number of fused-ring (bicyclic) bond motifs is 2. The molecule has 0 spiro atoms. The van der Waals surface area contributed by atoms with Crippen LogP contribution in [0.2, 0.25) is 0 Å². The summed E-state index contributed by atoms with van der Waals surface area (Å²) in [6, 6.07) is -1.04. The smallest absolute Gasteiger partial charge is 0.352 e. The predicted molar refractivity (Wildman–Crippen MR) is 157 cm³/mol. The summed E-state index contributed by atoms with van der Waals surface area (Å²) < 4.78 is -0.147. The number of likely N-dealkylation sites (N-methyl/N-ethyl adjacent to an activating group) is 1. The molecule has 216 valence electrons. The van der Waals surface area contributed by atoms with Gasteiger partial charge in [0, 0.05) is 30.1 Å². The number of nitrogens with one attached hydrogen (secondary N) is 1.